The zero-order valence-electron chi connectivity index (χ0n) is 14.8. The summed E-state index contributed by atoms with van der Waals surface area (Å²) in [7, 11) is 0. The summed E-state index contributed by atoms with van der Waals surface area (Å²) >= 11 is 2.79. The van der Waals surface area contributed by atoms with Crippen molar-refractivity contribution in [3.05, 3.63) is 46.1 Å². The highest BCUT2D eigenvalue weighted by molar-refractivity contribution is 8.00. The summed E-state index contributed by atoms with van der Waals surface area (Å²) in [6.45, 7) is 1.61. The van der Waals surface area contributed by atoms with Gasteiger partial charge in [0.05, 0.1) is 22.0 Å². The lowest BCUT2D eigenvalue weighted by molar-refractivity contribution is -0.129. The highest BCUT2D eigenvalue weighted by atomic mass is 32.2. The van der Waals surface area contributed by atoms with Crippen LogP contribution in [0.4, 0.5) is 4.39 Å². The predicted molar refractivity (Wildman–Crippen MR) is 105 cm³/mol. The molecule has 1 amide bonds. The van der Waals surface area contributed by atoms with Crippen LogP contribution in [0, 0.1) is 5.82 Å². The first-order chi connectivity index (χ1) is 13.1. The number of hydrogen-bond acceptors (Lipinski definition) is 5. The number of rotatable bonds is 4. The van der Waals surface area contributed by atoms with Crippen LogP contribution < -0.4 is 5.56 Å². The molecule has 0 spiro atoms. The minimum atomic E-state index is -0.357. The second-order valence-electron chi connectivity index (χ2n) is 6.62. The molecule has 4 rings (SSSR count). The lowest BCUT2D eigenvalue weighted by Gasteiger charge is -2.26. The van der Waals surface area contributed by atoms with E-state index < -0.39 is 0 Å². The van der Waals surface area contributed by atoms with Gasteiger partial charge in [-0.15, -0.1) is 11.8 Å². The molecule has 0 atom stereocenters. The van der Waals surface area contributed by atoms with Crippen molar-refractivity contribution < 1.29 is 9.18 Å². The number of fused-ring (bicyclic) bond motifs is 1. The van der Waals surface area contributed by atoms with Gasteiger partial charge in [0.1, 0.15) is 5.82 Å². The van der Waals surface area contributed by atoms with Crippen molar-refractivity contribution in [2.45, 2.75) is 35.7 Å². The molecule has 27 heavy (non-hydrogen) atoms. The van der Waals surface area contributed by atoms with Gasteiger partial charge < -0.3 is 4.90 Å². The smallest absolute Gasteiger partial charge is 0.272 e. The molecule has 0 saturated carbocycles. The lowest BCUT2D eigenvalue weighted by atomic mass is 10.1. The van der Waals surface area contributed by atoms with E-state index in [1.54, 1.807) is 12.1 Å². The average Bonchev–Trinajstić information content (AvgIpc) is 3.17. The van der Waals surface area contributed by atoms with Crippen molar-refractivity contribution in [2.75, 3.05) is 24.6 Å². The van der Waals surface area contributed by atoms with Gasteiger partial charge in [0, 0.05) is 25.3 Å². The summed E-state index contributed by atoms with van der Waals surface area (Å²) in [5.41, 5.74) is 1.23. The van der Waals surface area contributed by atoms with Gasteiger partial charge in [0.2, 0.25) is 5.91 Å². The zero-order chi connectivity index (χ0) is 18.8. The Labute approximate surface area is 165 Å². The molecule has 0 unspecified atom stereocenters. The number of thioether (sulfide) groups is 2. The van der Waals surface area contributed by atoms with E-state index in [1.807, 2.05) is 4.90 Å². The van der Waals surface area contributed by atoms with Crippen molar-refractivity contribution >= 4 is 29.4 Å². The second-order valence-corrected chi connectivity index (χ2v) is 8.66. The second kappa shape index (κ2) is 8.06. The first-order valence-corrected chi connectivity index (χ1v) is 11.1. The number of carbonyl (C=O) groups excluding carboxylic acids is 1. The third-order valence-electron chi connectivity index (χ3n) is 4.78. The largest absolute Gasteiger partial charge is 0.342 e. The zero-order valence-corrected chi connectivity index (χ0v) is 16.5. The summed E-state index contributed by atoms with van der Waals surface area (Å²) in [6.07, 6.45) is 4.02. The molecular formula is C19H20FN3O2S2. The molecule has 1 saturated heterocycles. The van der Waals surface area contributed by atoms with Gasteiger partial charge in [-0.2, -0.15) is 0 Å². The molecule has 2 aliphatic rings. The topological polar surface area (TPSA) is 55.2 Å². The third kappa shape index (κ3) is 3.91. The molecule has 2 aliphatic heterocycles. The Balaban J connectivity index is 1.64. The lowest BCUT2D eigenvalue weighted by Crippen LogP contribution is -2.37. The molecule has 0 bridgehead atoms. The van der Waals surface area contributed by atoms with Crippen LogP contribution >= 0.6 is 23.5 Å². The number of halogens is 1. The van der Waals surface area contributed by atoms with Crippen LogP contribution in [0.2, 0.25) is 0 Å². The number of aromatic nitrogens is 2. The molecule has 1 aromatic heterocycles. The Morgan fingerprint density at radius 2 is 1.93 bits per heavy atom. The number of carbonyl (C=O) groups is 1. The van der Waals surface area contributed by atoms with Crippen LogP contribution in [0.15, 0.2) is 39.1 Å². The Bertz CT molecular complexity index is 908. The minimum absolute atomic E-state index is 0.0782. The molecule has 0 N–H and O–H groups in total. The van der Waals surface area contributed by atoms with Crippen LogP contribution in [0.5, 0.6) is 0 Å². The minimum Gasteiger partial charge on any atom is -0.342 e. The van der Waals surface area contributed by atoms with E-state index >= 15 is 0 Å². The van der Waals surface area contributed by atoms with Crippen molar-refractivity contribution in [1.29, 1.82) is 0 Å². The Morgan fingerprint density at radius 1 is 1.19 bits per heavy atom. The van der Waals surface area contributed by atoms with Crippen LogP contribution in [0.3, 0.4) is 0 Å². The molecule has 8 heteroatoms. The Kier molecular flexibility index (Phi) is 5.54. The number of piperidine rings is 1. The van der Waals surface area contributed by atoms with Crippen molar-refractivity contribution in [2.24, 2.45) is 0 Å². The Morgan fingerprint density at radius 3 is 2.67 bits per heavy atom. The number of hydrogen-bond donors (Lipinski definition) is 0. The van der Waals surface area contributed by atoms with Gasteiger partial charge in [0.25, 0.3) is 5.56 Å². The number of nitrogens with zero attached hydrogens (tertiary/aromatic N) is 3. The highest BCUT2D eigenvalue weighted by Gasteiger charge is 2.24. The monoisotopic (exact) mass is 405 g/mol. The van der Waals surface area contributed by atoms with E-state index in [1.165, 1.54) is 46.6 Å². The van der Waals surface area contributed by atoms with E-state index in [0.717, 1.165) is 43.8 Å². The first-order valence-electron chi connectivity index (χ1n) is 9.09. The normalized spacial score (nSPS) is 16.4. The summed E-state index contributed by atoms with van der Waals surface area (Å²) in [4.78, 5) is 32.7. The maximum absolute atomic E-state index is 13.3. The molecule has 5 nitrogen and oxygen atoms in total. The van der Waals surface area contributed by atoms with Gasteiger partial charge in [-0.05, 0) is 43.5 Å². The van der Waals surface area contributed by atoms with Crippen LogP contribution in [-0.2, 0) is 11.2 Å². The van der Waals surface area contributed by atoms with E-state index in [9.17, 15) is 14.0 Å². The van der Waals surface area contributed by atoms with E-state index in [4.69, 9.17) is 0 Å². The molecular weight excluding hydrogens is 385 g/mol. The SMILES string of the molecule is O=C(CSc1nc2c(c(=O)n1-c1ccc(F)cc1)SCC2)N1CCCCC1. The summed E-state index contributed by atoms with van der Waals surface area (Å²) in [6, 6.07) is 5.80. The fraction of sp³-hybridized carbons (Fsp3) is 0.421. The van der Waals surface area contributed by atoms with E-state index in [2.05, 4.69) is 4.98 Å². The average molecular weight is 406 g/mol. The fourth-order valence-electron chi connectivity index (χ4n) is 3.37. The molecule has 0 aliphatic carbocycles. The molecule has 3 heterocycles. The Hall–Kier alpha value is -1.80. The summed E-state index contributed by atoms with van der Waals surface area (Å²) in [5, 5.41) is 0.498. The number of amides is 1. The van der Waals surface area contributed by atoms with Crippen LogP contribution in [0.25, 0.3) is 5.69 Å². The van der Waals surface area contributed by atoms with Crippen molar-refractivity contribution in [3.63, 3.8) is 0 Å². The molecule has 0 radical (unpaired) electrons. The number of benzene rings is 1. The third-order valence-corrected chi connectivity index (χ3v) is 6.82. The van der Waals surface area contributed by atoms with Gasteiger partial charge in [-0.25, -0.2) is 9.37 Å². The van der Waals surface area contributed by atoms with E-state index in [-0.39, 0.29) is 23.0 Å². The first kappa shape index (κ1) is 18.6. The number of likely N-dealkylation sites (tertiary alicyclic amines) is 1. The molecule has 142 valence electrons. The van der Waals surface area contributed by atoms with E-state index in [0.29, 0.717) is 15.7 Å². The van der Waals surface area contributed by atoms with Crippen LogP contribution in [-0.4, -0.2) is 45.0 Å². The summed E-state index contributed by atoms with van der Waals surface area (Å²) < 4.78 is 14.8. The quantitative estimate of drug-likeness (QED) is 0.578. The van der Waals surface area contributed by atoms with Gasteiger partial charge in [-0.1, -0.05) is 11.8 Å². The fourth-order valence-corrected chi connectivity index (χ4v) is 5.32. The molecule has 1 fully saturated rings. The highest BCUT2D eigenvalue weighted by Crippen LogP contribution is 2.30. The standard InChI is InChI=1S/C19H20FN3O2S2/c20-13-4-6-14(7-5-13)23-18(25)17-15(8-11-26-17)21-19(23)27-12-16(24)22-9-2-1-3-10-22/h4-7H,1-3,8-12H2. The molecule has 2 aromatic rings. The molecule has 1 aromatic carbocycles. The van der Waals surface area contributed by atoms with Crippen LogP contribution in [0.1, 0.15) is 25.0 Å². The summed E-state index contributed by atoms with van der Waals surface area (Å²) in [5.74, 6) is 0.806. The van der Waals surface area contributed by atoms with Gasteiger partial charge in [0.15, 0.2) is 5.16 Å². The number of aryl methyl sites for hydroxylation is 1. The predicted octanol–water partition coefficient (Wildman–Crippen LogP) is 3.12. The van der Waals surface area contributed by atoms with Crippen molar-refractivity contribution in [1.82, 2.24) is 14.5 Å². The van der Waals surface area contributed by atoms with Gasteiger partial charge in [-0.3, -0.25) is 14.2 Å². The van der Waals surface area contributed by atoms with Crippen molar-refractivity contribution in [3.8, 4) is 5.69 Å². The van der Waals surface area contributed by atoms with Gasteiger partial charge >= 0.3 is 0 Å². The maximum atomic E-state index is 13.3. The maximum Gasteiger partial charge on any atom is 0.272 e.